The summed E-state index contributed by atoms with van der Waals surface area (Å²) in [6.07, 6.45) is 13.2. The molecule has 23 heteroatoms. The molecule has 4 fully saturated rings. The summed E-state index contributed by atoms with van der Waals surface area (Å²) in [7, 11) is -4.62. The molecular weight excluding hydrogens is 1200 g/mol. The fraction of sp³-hybridized carbons (Fsp3) is 0.448. The number of nitrogens with one attached hydrogen (secondary N) is 4. The Kier molecular flexibility index (Phi) is 19.0. The maximum absolute atomic E-state index is 14.2. The predicted molar refractivity (Wildman–Crippen MR) is 350 cm³/mol. The number of hydrogen-bond acceptors (Lipinski definition) is 16. The molecule has 7 heterocycles. The number of rotatable bonds is 21. The summed E-state index contributed by atoms with van der Waals surface area (Å²) in [6.45, 7) is 14.4. The van der Waals surface area contributed by atoms with Gasteiger partial charge in [0.2, 0.25) is 11.8 Å². The number of nitro groups is 1. The van der Waals surface area contributed by atoms with Gasteiger partial charge >= 0.3 is 0 Å². The van der Waals surface area contributed by atoms with E-state index >= 15 is 0 Å². The number of hydrogen-bond donors (Lipinski definition) is 4. The van der Waals surface area contributed by atoms with Crippen LogP contribution in [0.4, 0.5) is 17.1 Å². The molecule has 5 aliphatic heterocycles. The molecular formula is C67H78ClN11O9S2. The number of nitro benzene ring substituents is 1. The number of carbonyl (C=O) groups is 4. The Bertz CT molecular complexity index is 3840. The molecule has 1 unspecified atom stereocenters. The lowest BCUT2D eigenvalue weighted by molar-refractivity contribution is -0.384. The molecule has 4 aromatic carbocycles. The number of sulfonamides is 1. The standard InChI is InChI=1S/C67H78ClN11O9S2/c1-67(2)24-18-47(55(39-67)45-8-10-48(68)11-9-45)42-75-31-33-77(34-32-75)50-12-14-54(60(37-50)88-51-36-46-19-25-69-63(46)71-41-51)64(81)73-90(86,87)52-13-15-57(59(38-52)79(84)85)70-40-44-20-29-76(30-21-44)49-22-27-74(28-23-49)26-3-4-35-89-61-7-5-6-53-56(61)43-78(66(53)83)58-16-17-62(80)72-65(58)82/h5-15,19,25,36-38,41,44,49,58,70H,3-4,16-18,20-24,26-35,39-40,42-43H2,1-2H3,(H,69,71)(H,73,81)(H,72,80,82). The SMILES string of the molecule is CC1(C)CCC(CN2CCN(c3ccc(C(=O)NS(=O)(=O)c4ccc(NCC5CCN(C6CCN(CCCCSc7cccc8c7CN(C7CCC(=O)NC7=O)C8=O)CC6)CC5)c([N+](=O)[O-])c4)c(Oc4cnc5[nH]ccc5c4)c3)CC2)=C(c2ccc(Cl)cc2)C1. The Balaban J connectivity index is 0.612. The van der Waals surface area contributed by atoms with Gasteiger partial charge in [0.15, 0.2) is 0 Å². The quantitative estimate of drug-likeness (QED) is 0.0172. The molecule has 0 radical (unpaired) electrons. The Morgan fingerprint density at radius 2 is 1.67 bits per heavy atom. The van der Waals surface area contributed by atoms with Crippen molar-refractivity contribution in [2.45, 2.75) is 113 Å². The average Bonchev–Trinajstić information content (AvgIpc) is 1.60. The number of imide groups is 1. The minimum absolute atomic E-state index is 0.0438. The molecule has 1 atom stereocenters. The smallest absolute Gasteiger partial charge is 0.293 e. The van der Waals surface area contributed by atoms with E-state index in [4.69, 9.17) is 16.3 Å². The van der Waals surface area contributed by atoms with Crippen molar-refractivity contribution in [2.24, 2.45) is 11.3 Å². The Labute approximate surface area is 534 Å². The van der Waals surface area contributed by atoms with Crippen LogP contribution in [0.1, 0.15) is 116 Å². The number of aromatic nitrogens is 2. The summed E-state index contributed by atoms with van der Waals surface area (Å²) >= 11 is 8.04. The van der Waals surface area contributed by atoms with Crippen molar-refractivity contribution < 1.29 is 37.3 Å². The third-order valence-electron chi connectivity index (χ3n) is 19.0. The number of thioether (sulfide) groups is 1. The van der Waals surface area contributed by atoms with Crippen LogP contribution in [-0.2, 0) is 26.2 Å². The second-order valence-corrected chi connectivity index (χ2v) is 28.9. The molecule has 90 heavy (non-hydrogen) atoms. The van der Waals surface area contributed by atoms with Gasteiger partial charge in [-0.3, -0.25) is 39.5 Å². The van der Waals surface area contributed by atoms with Crippen molar-refractivity contribution >= 4 is 90.7 Å². The molecule has 2 aromatic heterocycles. The zero-order chi connectivity index (χ0) is 62.7. The summed E-state index contributed by atoms with van der Waals surface area (Å²) in [5.74, 6) is -0.142. The molecule has 20 nitrogen and oxygen atoms in total. The van der Waals surface area contributed by atoms with Crippen LogP contribution in [0, 0.1) is 21.4 Å². The lowest BCUT2D eigenvalue weighted by Gasteiger charge is -2.42. The molecule has 6 aliphatic rings. The van der Waals surface area contributed by atoms with Crippen molar-refractivity contribution in [3.05, 3.63) is 146 Å². The lowest BCUT2D eigenvalue weighted by atomic mass is 9.72. The van der Waals surface area contributed by atoms with Gasteiger partial charge in [-0.2, -0.15) is 0 Å². The van der Waals surface area contributed by atoms with Gasteiger partial charge < -0.3 is 34.6 Å². The van der Waals surface area contributed by atoms with E-state index in [0.29, 0.717) is 55.6 Å². The van der Waals surface area contributed by atoms with Gasteiger partial charge in [0, 0.05) is 103 Å². The number of likely N-dealkylation sites (tertiary alicyclic amines) is 2. The maximum atomic E-state index is 14.2. The highest BCUT2D eigenvalue weighted by Crippen LogP contribution is 2.44. The average molecular weight is 1280 g/mol. The fourth-order valence-electron chi connectivity index (χ4n) is 13.8. The van der Waals surface area contributed by atoms with E-state index in [-0.39, 0.29) is 46.6 Å². The highest BCUT2D eigenvalue weighted by molar-refractivity contribution is 7.99. The summed E-state index contributed by atoms with van der Waals surface area (Å²) in [5, 5.41) is 19.7. The Morgan fingerprint density at radius 1 is 0.878 bits per heavy atom. The third-order valence-corrected chi connectivity index (χ3v) is 21.8. The number of H-pyrrole nitrogens is 1. The molecule has 0 spiro atoms. The zero-order valence-electron chi connectivity index (χ0n) is 51.0. The number of nitrogens with zero attached hydrogens (tertiary/aromatic N) is 7. The monoisotopic (exact) mass is 1280 g/mol. The van der Waals surface area contributed by atoms with E-state index < -0.39 is 43.4 Å². The molecule has 0 bridgehead atoms. The van der Waals surface area contributed by atoms with Crippen LogP contribution < -0.4 is 25.0 Å². The fourth-order valence-corrected chi connectivity index (χ4v) is 16.0. The van der Waals surface area contributed by atoms with E-state index in [1.165, 1.54) is 35.0 Å². The molecule has 474 valence electrons. The first kappa shape index (κ1) is 62.8. The van der Waals surface area contributed by atoms with Crippen molar-refractivity contribution in [3.63, 3.8) is 0 Å². The summed E-state index contributed by atoms with van der Waals surface area (Å²) in [4.78, 5) is 83.3. The summed E-state index contributed by atoms with van der Waals surface area (Å²) in [5.41, 5.74) is 7.12. The van der Waals surface area contributed by atoms with Crippen molar-refractivity contribution in [1.29, 1.82) is 0 Å². The summed E-state index contributed by atoms with van der Waals surface area (Å²) in [6, 6.07) is 26.2. The van der Waals surface area contributed by atoms with Crippen molar-refractivity contribution in [1.82, 2.24) is 39.6 Å². The molecule has 4 saturated heterocycles. The third kappa shape index (κ3) is 14.5. The van der Waals surface area contributed by atoms with Crippen LogP contribution in [0.5, 0.6) is 11.5 Å². The Hall–Kier alpha value is -7.34. The van der Waals surface area contributed by atoms with E-state index in [2.05, 4.69) is 77.0 Å². The van der Waals surface area contributed by atoms with E-state index in [1.54, 1.807) is 47.1 Å². The highest BCUT2D eigenvalue weighted by Gasteiger charge is 2.40. The molecule has 1 aliphatic carbocycles. The number of ether oxygens (including phenoxy) is 1. The number of piperidine rings is 3. The number of pyridine rings is 1. The zero-order valence-corrected chi connectivity index (χ0v) is 53.4. The lowest BCUT2D eigenvalue weighted by Crippen LogP contribution is -2.52. The number of benzene rings is 4. The maximum Gasteiger partial charge on any atom is 0.293 e. The van der Waals surface area contributed by atoms with Gasteiger partial charge in [0.05, 0.1) is 21.6 Å². The topological polar surface area (TPSA) is 236 Å². The van der Waals surface area contributed by atoms with Crippen molar-refractivity contribution in [3.8, 4) is 11.5 Å². The molecule has 0 saturated carbocycles. The number of halogens is 1. The van der Waals surface area contributed by atoms with Crippen molar-refractivity contribution in [2.75, 3.05) is 88.0 Å². The first-order valence-corrected chi connectivity index (χ1v) is 34.4. The van der Waals surface area contributed by atoms with Gasteiger partial charge in [-0.05, 0) is 191 Å². The number of allylic oxidation sites excluding steroid dienone is 1. The number of fused-ring (bicyclic) bond motifs is 2. The minimum atomic E-state index is -4.62. The largest absolute Gasteiger partial charge is 0.455 e. The van der Waals surface area contributed by atoms with Crippen LogP contribution in [0.15, 0.2) is 119 Å². The number of carbonyl (C=O) groups excluding carboxylic acids is 4. The van der Waals surface area contributed by atoms with E-state index in [0.717, 1.165) is 149 Å². The second-order valence-electron chi connectivity index (χ2n) is 25.6. The number of piperazine rings is 1. The van der Waals surface area contributed by atoms with Crippen LogP contribution in [0.25, 0.3) is 16.6 Å². The predicted octanol–water partition coefficient (Wildman–Crippen LogP) is 10.7. The first-order valence-electron chi connectivity index (χ1n) is 31.5. The minimum Gasteiger partial charge on any atom is -0.455 e. The van der Waals surface area contributed by atoms with E-state index in [1.807, 2.05) is 30.3 Å². The van der Waals surface area contributed by atoms with Crippen LogP contribution in [0.3, 0.4) is 0 Å². The van der Waals surface area contributed by atoms with Gasteiger partial charge in [0.25, 0.3) is 27.5 Å². The van der Waals surface area contributed by atoms with Crippen LogP contribution in [-0.4, -0.2) is 156 Å². The van der Waals surface area contributed by atoms with Crippen LogP contribution >= 0.6 is 23.4 Å². The summed E-state index contributed by atoms with van der Waals surface area (Å²) < 4.78 is 36.6. The molecule has 12 rings (SSSR count). The first-order chi connectivity index (χ1) is 43.4. The van der Waals surface area contributed by atoms with Crippen LogP contribution in [0.2, 0.25) is 5.02 Å². The number of anilines is 2. The second kappa shape index (κ2) is 27.2. The molecule has 4 N–H and O–H groups in total. The number of amides is 4. The Morgan fingerprint density at radius 3 is 2.43 bits per heavy atom. The number of aromatic amines is 1. The molecule has 4 amide bonds. The highest BCUT2D eigenvalue weighted by atomic mass is 35.5. The van der Waals surface area contributed by atoms with Gasteiger partial charge in [0.1, 0.15) is 28.9 Å². The number of unbranched alkanes of at least 4 members (excludes halogenated alkanes) is 1. The van der Waals surface area contributed by atoms with Gasteiger partial charge in [-0.1, -0.05) is 49.2 Å². The normalized spacial score (nSPS) is 19.9. The van der Waals surface area contributed by atoms with Gasteiger partial charge in [-0.15, -0.1) is 11.8 Å². The van der Waals surface area contributed by atoms with Gasteiger partial charge in [-0.25, -0.2) is 18.1 Å². The molecule has 6 aromatic rings. The van der Waals surface area contributed by atoms with E-state index in [9.17, 15) is 37.7 Å².